The quantitative estimate of drug-likeness (QED) is 0.490. The zero-order valence-electron chi connectivity index (χ0n) is 17.5. The SMILES string of the molecule is CC(C)(CO)CNc1ccnc(N[C@H]2CC[C@H](Oc3ncccc3C(N)=O)CC2)n1. The molecule has 1 amide bonds. The van der Waals surface area contributed by atoms with Crippen LogP contribution in [0.2, 0.25) is 0 Å². The van der Waals surface area contributed by atoms with Crippen molar-refractivity contribution < 1.29 is 14.6 Å². The van der Waals surface area contributed by atoms with Crippen molar-refractivity contribution >= 4 is 17.7 Å². The average Bonchev–Trinajstić information content (AvgIpc) is 2.74. The van der Waals surface area contributed by atoms with E-state index in [0.717, 1.165) is 31.5 Å². The van der Waals surface area contributed by atoms with Gasteiger partial charge < -0.3 is 26.2 Å². The summed E-state index contributed by atoms with van der Waals surface area (Å²) in [5.41, 5.74) is 5.47. The van der Waals surface area contributed by atoms with Gasteiger partial charge in [0.25, 0.3) is 5.91 Å². The molecule has 2 aromatic heterocycles. The van der Waals surface area contributed by atoms with Crippen LogP contribution in [0.15, 0.2) is 30.6 Å². The van der Waals surface area contributed by atoms with Crippen LogP contribution in [0.3, 0.4) is 0 Å². The third-order valence-corrected chi connectivity index (χ3v) is 5.15. The van der Waals surface area contributed by atoms with Gasteiger partial charge in [0, 0.05) is 37.0 Å². The molecule has 9 nitrogen and oxygen atoms in total. The van der Waals surface area contributed by atoms with Crippen molar-refractivity contribution in [2.24, 2.45) is 11.1 Å². The highest BCUT2D eigenvalue weighted by Crippen LogP contribution is 2.26. The molecule has 5 N–H and O–H groups in total. The first-order valence-electron chi connectivity index (χ1n) is 10.2. The van der Waals surface area contributed by atoms with Crippen molar-refractivity contribution in [2.45, 2.75) is 51.7 Å². The molecule has 30 heavy (non-hydrogen) atoms. The van der Waals surface area contributed by atoms with Gasteiger partial charge in [-0.05, 0) is 43.9 Å². The second-order valence-corrected chi connectivity index (χ2v) is 8.40. The lowest BCUT2D eigenvalue weighted by Crippen LogP contribution is -2.32. The zero-order valence-corrected chi connectivity index (χ0v) is 17.5. The second-order valence-electron chi connectivity index (χ2n) is 8.40. The molecular weight excluding hydrogens is 384 g/mol. The van der Waals surface area contributed by atoms with Crippen LogP contribution in [0, 0.1) is 5.41 Å². The summed E-state index contributed by atoms with van der Waals surface area (Å²) in [7, 11) is 0. The lowest BCUT2D eigenvalue weighted by atomic mass is 9.93. The number of rotatable bonds is 9. The van der Waals surface area contributed by atoms with Gasteiger partial charge >= 0.3 is 0 Å². The Bertz CT molecular complexity index is 852. The summed E-state index contributed by atoms with van der Waals surface area (Å²) in [6.45, 7) is 4.68. The smallest absolute Gasteiger partial charge is 0.254 e. The number of aliphatic hydroxyl groups is 1. The molecule has 0 aliphatic heterocycles. The predicted octanol–water partition coefficient (Wildman–Crippen LogP) is 2.20. The normalized spacial score (nSPS) is 19.2. The van der Waals surface area contributed by atoms with Gasteiger partial charge in [0.1, 0.15) is 17.5 Å². The monoisotopic (exact) mass is 414 g/mol. The molecule has 162 valence electrons. The molecule has 1 aliphatic carbocycles. The van der Waals surface area contributed by atoms with Gasteiger partial charge in [-0.3, -0.25) is 4.79 Å². The number of aliphatic hydroxyl groups excluding tert-OH is 1. The molecule has 1 saturated carbocycles. The molecule has 0 bridgehead atoms. The van der Waals surface area contributed by atoms with E-state index in [1.165, 1.54) is 0 Å². The molecule has 3 rings (SSSR count). The molecule has 2 heterocycles. The number of ether oxygens (including phenoxy) is 1. The standard InChI is InChI=1S/C21H30N6O3/c1-21(2,13-28)12-25-17-9-11-24-20(27-17)26-14-5-7-15(8-6-14)30-19-16(18(22)29)4-3-10-23-19/h3-4,9-11,14-15,28H,5-8,12-13H2,1-2H3,(H2,22,29)(H2,24,25,26,27)/t14-,15-. The largest absolute Gasteiger partial charge is 0.474 e. The van der Waals surface area contributed by atoms with Gasteiger partial charge in [-0.25, -0.2) is 9.97 Å². The highest BCUT2D eigenvalue weighted by Gasteiger charge is 2.25. The molecule has 0 radical (unpaired) electrons. The number of carbonyl (C=O) groups excluding carboxylic acids is 1. The maximum atomic E-state index is 11.5. The summed E-state index contributed by atoms with van der Waals surface area (Å²) < 4.78 is 5.94. The Morgan fingerprint density at radius 1 is 1.23 bits per heavy atom. The maximum Gasteiger partial charge on any atom is 0.254 e. The minimum Gasteiger partial charge on any atom is -0.474 e. The Labute approximate surface area is 176 Å². The Kier molecular flexibility index (Phi) is 7.04. The highest BCUT2D eigenvalue weighted by atomic mass is 16.5. The lowest BCUT2D eigenvalue weighted by Gasteiger charge is -2.29. The summed E-state index contributed by atoms with van der Waals surface area (Å²) in [6, 6.07) is 5.35. The van der Waals surface area contributed by atoms with E-state index >= 15 is 0 Å². The van der Waals surface area contributed by atoms with Crippen LogP contribution in [0.25, 0.3) is 0 Å². The van der Waals surface area contributed by atoms with E-state index < -0.39 is 5.91 Å². The number of nitrogens with one attached hydrogen (secondary N) is 2. The van der Waals surface area contributed by atoms with Crippen LogP contribution in [-0.4, -0.2) is 51.3 Å². The van der Waals surface area contributed by atoms with Crippen LogP contribution in [0.1, 0.15) is 49.9 Å². The maximum absolute atomic E-state index is 11.5. The van der Waals surface area contributed by atoms with E-state index in [1.54, 1.807) is 24.5 Å². The molecule has 0 saturated heterocycles. The van der Waals surface area contributed by atoms with Gasteiger partial charge in [0.05, 0.1) is 0 Å². The van der Waals surface area contributed by atoms with E-state index in [9.17, 15) is 9.90 Å². The number of carbonyl (C=O) groups is 1. The van der Waals surface area contributed by atoms with Crippen molar-refractivity contribution in [1.29, 1.82) is 0 Å². The molecule has 0 unspecified atom stereocenters. The molecule has 2 aromatic rings. The predicted molar refractivity (Wildman–Crippen MR) is 114 cm³/mol. The van der Waals surface area contributed by atoms with Gasteiger partial charge in [-0.15, -0.1) is 0 Å². The van der Waals surface area contributed by atoms with Crippen molar-refractivity contribution in [1.82, 2.24) is 15.0 Å². The third kappa shape index (κ3) is 6.03. The van der Waals surface area contributed by atoms with Crippen molar-refractivity contribution in [3.8, 4) is 5.88 Å². The van der Waals surface area contributed by atoms with Gasteiger partial charge in [-0.1, -0.05) is 13.8 Å². The van der Waals surface area contributed by atoms with Crippen molar-refractivity contribution in [3.63, 3.8) is 0 Å². The Morgan fingerprint density at radius 3 is 2.70 bits per heavy atom. The van der Waals surface area contributed by atoms with Gasteiger partial charge in [-0.2, -0.15) is 4.98 Å². The third-order valence-electron chi connectivity index (χ3n) is 5.15. The Balaban J connectivity index is 1.50. The molecule has 9 heteroatoms. The molecule has 0 aromatic carbocycles. The van der Waals surface area contributed by atoms with E-state index in [4.69, 9.17) is 10.5 Å². The first-order chi connectivity index (χ1) is 14.4. The van der Waals surface area contributed by atoms with Crippen LogP contribution < -0.4 is 21.1 Å². The number of pyridine rings is 1. The van der Waals surface area contributed by atoms with Crippen LogP contribution >= 0.6 is 0 Å². The summed E-state index contributed by atoms with van der Waals surface area (Å²) in [6.07, 6.45) is 6.74. The van der Waals surface area contributed by atoms with E-state index in [2.05, 4.69) is 25.6 Å². The Morgan fingerprint density at radius 2 is 2.00 bits per heavy atom. The number of hydrogen-bond acceptors (Lipinski definition) is 8. The number of aromatic nitrogens is 3. The number of nitrogens with two attached hydrogens (primary N) is 1. The number of nitrogens with zero attached hydrogens (tertiary/aromatic N) is 3. The summed E-state index contributed by atoms with van der Waals surface area (Å²) in [5.74, 6) is 1.06. The number of hydrogen-bond donors (Lipinski definition) is 4. The first-order valence-corrected chi connectivity index (χ1v) is 10.2. The fourth-order valence-corrected chi connectivity index (χ4v) is 3.25. The fraction of sp³-hybridized carbons (Fsp3) is 0.524. The molecule has 0 spiro atoms. The first kappa shape index (κ1) is 21.8. The molecule has 1 aliphatic rings. The summed E-state index contributed by atoms with van der Waals surface area (Å²) >= 11 is 0. The van der Waals surface area contributed by atoms with Crippen LogP contribution in [-0.2, 0) is 0 Å². The van der Waals surface area contributed by atoms with Gasteiger partial charge in [0.15, 0.2) is 0 Å². The zero-order chi connectivity index (χ0) is 21.6. The van der Waals surface area contributed by atoms with E-state index in [0.29, 0.717) is 23.9 Å². The second kappa shape index (κ2) is 9.71. The molecule has 1 fully saturated rings. The van der Waals surface area contributed by atoms with Crippen molar-refractivity contribution in [3.05, 3.63) is 36.2 Å². The highest BCUT2D eigenvalue weighted by molar-refractivity contribution is 5.94. The van der Waals surface area contributed by atoms with Crippen LogP contribution in [0.5, 0.6) is 5.88 Å². The summed E-state index contributed by atoms with van der Waals surface area (Å²) in [5, 5.41) is 16.0. The summed E-state index contributed by atoms with van der Waals surface area (Å²) in [4.78, 5) is 24.5. The minimum atomic E-state index is -0.540. The average molecular weight is 415 g/mol. The minimum absolute atomic E-state index is 0.00863. The van der Waals surface area contributed by atoms with E-state index in [1.807, 2.05) is 19.9 Å². The number of anilines is 2. The fourth-order valence-electron chi connectivity index (χ4n) is 3.25. The molecule has 0 atom stereocenters. The number of amides is 1. The lowest BCUT2D eigenvalue weighted by molar-refractivity contribution is 0.0983. The number of primary amides is 1. The Hall–Kier alpha value is -2.94. The van der Waals surface area contributed by atoms with E-state index in [-0.39, 0.29) is 24.2 Å². The molecular formula is C21H30N6O3. The van der Waals surface area contributed by atoms with Crippen LogP contribution in [0.4, 0.5) is 11.8 Å². The van der Waals surface area contributed by atoms with Crippen molar-refractivity contribution in [2.75, 3.05) is 23.8 Å². The van der Waals surface area contributed by atoms with Gasteiger partial charge in [0.2, 0.25) is 11.8 Å². The topological polar surface area (TPSA) is 135 Å².